The van der Waals surface area contributed by atoms with Crippen molar-refractivity contribution in [2.75, 3.05) is 13.7 Å². The lowest BCUT2D eigenvalue weighted by Crippen LogP contribution is -2.24. The topological polar surface area (TPSA) is 53.1 Å². The zero-order valence-corrected chi connectivity index (χ0v) is 11.6. The molecule has 0 radical (unpaired) electrons. The maximum atomic E-state index is 5.97. The predicted molar refractivity (Wildman–Crippen MR) is 76.5 cm³/mol. The number of ether oxygens (including phenoxy) is 1. The van der Waals surface area contributed by atoms with Crippen LogP contribution in [-0.4, -0.2) is 23.2 Å². The number of nitrogens with zero attached hydrogens (tertiary/aromatic N) is 2. The molecule has 4 nitrogen and oxygen atoms in total. The van der Waals surface area contributed by atoms with Gasteiger partial charge in [0.2, 0.25) is 0 Å². The van der Waals surface area contributed by atoms with Gasteiger partial charge in [0.05, 0.1) is 18.1 Å². The van der Waals surface area contributed by atoms with E-state index in [0.717, 1.165) is 37.1 Å². The van der Waals surface area contributed by atoms with Crippen LogP contribution in [0.25, 0.3) is 11.0 Å². The molecule has 1 aromatic heterocycles. The van der Waals surface area contributed by atoms with Crippen molar-refractivity contribution in [3.63, 3.8) is 0 Å². The van der Waals surface area contributed by atoms with Crippen molar-refractivity contribution < 1.29 is 4.74 Å². The van der Waals surface area contributed by atoms with Crippen LogP contribution in [-0.2, 0) is 12.0 Å². The summed E-state index contributed by atoms with van der Waals surface area (Å²) in [6.45, 7) is 3.89. The maximum Gasteiger partial charge on any atom is 0.121 e. The summed E-state index contributed by atoms with van der Waals surface area (Å²) in [5, 5.41) is 0. The van der Waals surface area contributed by atoms with Crippen LogP contribution in [0.4, 0.5) is 0 Å². The SMILES string of the molecule is CCCn1c(C2(CN)CC2)nc2cc(OC)ccc21. The van der Waals surface area contributed by atoms with E-state index in [2.05, 4.69) is 17.6 Å². The zero-order chi connectivity index (χ0) is 13.5. The molecule has 0 bridgehead atoms. The fourth-order valence-electron chi connectivity index (χ4n) is 2.76. The molecule has 1 heterocycles. The van der Waals surface area contributed by atoms with Gasteiger partial charge in [0, 0.05) is 24.6 Å². The number of imidazole rings is 1. The summed E-state index contributed by atoms with van der Waals surface area (Å²) in [4.78, 5) is 4.85. The molecule has 0 atom stereocenters. The predicted octanol–water partition coefficient (Wildman–Crippen LogP) is 2.45. The third-order valence-corrected chi connectivity index (χ3v) is 4.12. The summed E-state index contributed by atoms with van der Waals surface area (Å²) >= 11 is 0. The van der Waals surface area contributed by atoms with Crippen LogP contribution in [0.5, 0.6) is 5.75 Å². The first-order valence-electron chi connectivity index (χ1n) is 6.99. The highest BCUT2D eigenvalue weighted by atomic mass is 16.5. The first kappa shape index (κ1) is 12.5. The molecule has 2 N–H and O–H groups in total. The molecule has 1 fully saturated rings. The summed E-state index contributed by atoms with van der Waals surface area (Å²) in [6, 6.07) is 6.12. The number of aryl methyl sites for hydroxylation is 1. The molecule has 0 aliphatic heterocycles. The second kappa shape index (κ2) is 4.53. The second-order valence-corrected chi connectivity index (χ2v) is 5.43. The van der Waals surface area contributed by atoms with Crippen LogP contribution in [0.2, 0.25) is 0 Å². The van der Waals surface area contributed by atoms with Gasteiger partial charge in [-0.05, 0) is 31.4 Å². The minimum Gasteiger partial charge on any atom is -0.497 e. The summed E-state index contributed by atoms with van der Waals surface area (Å²) < 4.78 is 7.63. The average Bonchev–Trinajstić information content (AvgIpc) is 3.16. The Bertz CT molecular complexity index is 599. The van der Waals surface area contributed by atoms with Crippen LogP contribution in [0.15, 0.2) is 18.2 Å². The van der Waals surface area contributed by atoms with Crippen molar-refractivity contribution in [3.05, 3.63) is 24.0 Å². The number of hydrogen-bond donors (Lipinski definition) is 1. The zero-order valence-electron chi connectivity index (χ0n) is 11.6. The van der Waals surface area contributed by atoms with Gasteiger partial charge in [0.15, 0.2) is 0 Å². The highest BCUT2D eigenvalue weighted by Crippen LogP contribution is 2.47. The van der Waals surface area contributed by atoms with Gasteiger partial charge in [-0.3, -0.25) is 0 Å². The Kier molecular flexibility index (Phi) is 2.97. The van der Waals surface area contributed by atoms with Crippen molar-refractivity contribution in [2.24, 2.45) is 5.73 Å². The van der Waals surface area contributed by atoms with Gasteiger partial charge in [-0.25, -0.2) is 4.98 Å². The van der Waals surface area contributed by atoms with Crippen LogP contribution in [0.3, 0.4) is 0 Å². The van der Waals surface area contributed by atoms with E-state index < -0.39 is 0 Å². The summed E-state index contributed by atoms with van der Waals surface area (Å²) in [6.07, 6.45) is 3.42. The van der Waals surface area contributed by atoms with Gasteiger partial charge >= 0.3 is 0 Å². The van der Waals surface area contributed by atoms with Crippen molar-refractivity contribution in [3.8, 4) is 5.75 Å². The Balaban J connectivity index is 2.17. The van der Waals surface area contributed by atoms with Crippen molar-refractivity contribution in [1.82, 2.24) is 9.55 Å². The Labute approximate surface area is 113 Å². The number of fused-ring (bicyclic) bond motifs is 1. The highest BCUT2D eigenvalue weighted by molar-refractivity contribution is 5.78. The quantitative estimate of drug-likeness (QED) is 0.897. The highest BCUT2D eigenvalue weighted by Gasteiger charge is 2.47. The molecule has 3 rings (SSSR count). The molecule has 1 aromatic carbocycles. The van der Waals surface area contributed by atoms with Gasteiger partial charge < -0.3 is 15.0 Å². The molecular weight excluding hydrogens is 238 g/mol. The largest absolute Gasteiger partial charge is 0.497 e. The van der Waals surface area contributed by atoms with Crippen molar-refractivity contribution in [1.29, 1.82) is 0 Å². The lowest BCUT2D eigenvalue weighted by Gasteiger charge is -2.14. The smallest absolute Gasteiger partial charge is 0.121 e. The molecule has 0 spiro atoms. The lowest BCUT2D eigenvalue weighted by atomic mass is 10.1. The second-order valence-electron chi connectivity index (χ2n) is 5.43. The maximum absolute atomic E-state index is 5.97. The number of rotatable bonds is 5. The van der Waals surface area contributed by atoms with Crippen LogP contribution in [0.1, 0.15) is 32.0 Å². The van der Waals surface area contributed by atoms with E-state index >= 15 is 0 Å². The van der Waals surface area contributed by atoms with Gasteiger partial charge in [-0.1, -0.05) is 6.92 Å². The van der Waals surface area contributed by atoms with Gasteiger partial charge in [0.25, 0.3) is 0 Å². The number of aromatic nitrogens is 2. The first-order chi connectivity index (χ1) is 9.24. The number of benzene rings is 1. The van der Waals surface area contributed by atoms with Crippen LogP contribution in [0, 0.1) is 0 Å². The molecule has 1 aliphatic rings. The Morgan fingerprint density at radius 3 is 2.79 bits per heavy atom. The van der Waals surface area contributed by atoms with Crippen LogP contribution < -0.4 is 10.5 Å². The number of nitrogens with two attached hydrogens (primary N) is 1. The van der Waals surface area contributed by atoms with E-state index in [1.165, 1.54) is 11.3 Å². The van der Waals surface area contributed by atoms with E-state index in [4.69, 9.17) is 15.5 Å². The normalized spacial score (nSPS) is 16.8. The van der Waals surface area contributed by atoms with Gasteiger partial charge in [0.1, 0.15) is 11.6 Å². The van der Waals surface area contributed by atoms with E-state index in [1.54, 1.807) is 7.11 Å². The number of methoxy groups -OCH3 is 1. The first-order valence-corrected chi connectivity index (χ1v) is 6.99. The molecule has 19 heavy (non-hydrogen) atoms. The van der Waals surface area contributed by atoms with E-state index in [-0.39, 0.29) is 5.41 Å². The van der Waals surface area contributed by atoms with E-state index in [9.17, 15) is 0 Å². The summed E-state index contributed by atoms with van der Waals surface area (Å²) in [5.74, 6) is 2.03. The van der Waals surface area contributed by atoms with Gasteiger partial charge in [-0.15, -0.1) is 0 Å². The average molecular weight is 259 g/mol. The third-order valence-electron chi connectivity index (χ3n) is 4.12. The summed E-state index contributed by atoms with van der Waals surface area (Å²) in [5.41, 5.74) is 8.30. The van der Waals surface area contributed by atoms with E-state index in [1.807, 2.05) is 12.1 Å². The Hall–Kier alpha value is -1.55. The molecule has 102 valence electrons. The van der Waals surface area contributed by atoms with Gasteiger partial charge in [-0.2, -0.15) is 0 Å². The van der Waals surface area contributed by atoms with Crippen molar-refractivity contribution in [2.45, 2.75) is 38.1 Å². The Morgan fingerprint density at radius 2 is 2.21 bits per heavy atom. The molecule has 2 aromatic rings. The minimum atomic E-state index is 0.126. The summed E-state index contributed by atoms with van der Waals surface area (Å²) in [7, 11) is 1.69. The molecule has 0 amide bonds. The standard InChI is InChI=1S/C15H21N3O/c1-3-8-18-13-5-4-11(19-2)9-12(13)17-14(18)15(10-16)6-7-15/h4-5,9H,3,6-8,10,16H2,1-2H3. The molecule has 4 heteroatoms. The van der Waals surface area contributed by atoms with Crippen molar-refractivity contribution >= 4 is 11.0 Å². The monoisotopic (exact) mass is 259 g/mol. The molecular formula is C15H21N3O. The third kappa shape index (κ3) is 1.91. The number of hydrogen-bond acceptors (Lipinski definition) is 3. The van der Waals surface area contributed by atoms with Crippen LogP contribution >= 0.6 is 0 Å². The lowest BCUT2D eigenvalue weighted by molar-refractivity contribution is 0.415. The fourth-order valence-corrected chi connectivity index (χ4v) is 2.76. The molecule has 1 saturated carbocycles. The molecule has 0 saturated heterocycles. The van der Waals surface area contributed by atoms with E-state index in [0.29, 0.717) is 6.54 Å². The Morgan fingerprint density at radius 1 is 1.42 bits per heavy atom. The molecule has 0 unspecified atom stereocenters. The minimum absolute atomic E-state index is 0.126. The molecule has 1 aliphatic carbocycles. The fraction of sp³-hybridized carbons (Fsp3) is 0.533.